The van der Waals surface area contributed by atoms with Crippen molar-refractivity contribution in [2.75, 3.05) is 6.26 Å². The number of carbonyl (C=O) groups excluding carboxylic acids is 2. The molecule has 0 saturated heterocycles. The average Bonchev–Trinajstić information content (AvgIpc) is 2.82. The fourth-order valence-electron chi connectivity index (χ4n) is 5.96. The number of ketones is 1. The molecule has 4 aliphatic rings. The minimum Gasteiger partial charge on any atom is -0.454 e. The van der Waals surface area contributed by atoms with Crippen molar-refractivity contribution in [1.82, 2.24) is 0 Å². The Kier molecular flexibility index (Phi) is 5.84. The van der Waals surface area contributed by atoms with Gasteiger partial charge in [-0.1, -0.05) is 46.7 Å². The second-order valence-electron chi connectivity index (χ2n) is 9.83. The number of benzene rings is 2. The molecule has 2 unspecified atom stereocenters. The standard InChI is InChI=1S/C25H26F2O6S2/c1-34(20-8-4-2-5-9-20,21-10-6-3-7-11-21)33-35(30,31)25(26,27)23(29)32-24-14-17-12-18(15-24)22(28)19(13-17)16-24/h2-11,17-19H,12-16H2,1H3. The molecule has 6 nitrogen and oxygen atoms in total. The van der Waals surface area contributed by atoms with Crippen molar-refractivity contribution in [2.24, 2.45) is 17.8 Å². The SMILES string of the molecule is CS(OS(=O)(=O)C(F)(F)C(=O)OC12CC3CC(C1)C(=O)C(C3)C2)(c1ccccc1)c1ccccc1. The highest BCUT2D eigenvalue weighted by atomic mass is 32.3. The smallest absolute Gasteiger partial charge is 0.454 e. The molecule has 0 aromatic heterocycles. The van der Waals surface area contributed by atoms with Gasteiger partial charge in [0.15, 0.2) is 0 Å². The molecule has 10 heteroatoms. The Hall–Kier alpha value is -2.30. The van der Waals surface area contributed by atoms with Gasteiger partial charge >= 0.3 is 21.3 Å². The Morgan fingerprint density at radius 1 is 0.914 bits per heavy atom. The van der Waals surface area contributed by atoms with Gasteiger partial charge in [-0.25, -0.2) is 8.42 Å². The Bertz CT molecular complexity index is 1190. The maximum absolute atomic E-state index is 15.3. The van der Waals surface area contributed by atoms with Crippen LogP contribution in [0.1, 0.15) is 32.1 Å². The zero-order valence-corrected chi connectivity index (χ0v) is 20.7. The summed E-state index contributed by atoms with van der Waals surface area (Å²) >= 11 is 0. The lowest BCUT2D eigenvalue weighted by Crippen LogP contribution is -2.58. The minimum absolute atomic E-state index is 0.0976. The molecule has 2 atom stereocenters. The Morgan fingerprint density at radius 2 is 1.40 bits per heavy atom. The molecule has 0 amide bonds. The van der Waals surface area contributed by atoms with Gasteiger partial charge in [0.2, 0.25) is 0 Å². The minimum atomic E-state index is -5.75. The predicted molar refractivity (Wildman–Crippen MR) is 125 cm³/mol. The van der Waals surface area contributed by atoms with Crippen LogP contribution in [0.25, 0.3) is 0 Å². The van der Waals surface area contributed by atoms with Crippen LogP contribution in [0.4, 0.5) is 8.78 Å². The highest BCUT2D eigenvalue weighted by Crippen LogP contribution is 2.62. The summed E-state index contributed by atoms with van der Waals surface area (Å²) < 4.78 is 67.1. The van der Waals surface area contributed by atoms with Crippen LogP contribution in [0.15, 0.2) is 70.5 Å². The van der Waals surface area contributed by atoms with Crippen LogP contribution < -0.4 is 0 Å². The molecule has 0 spiro atoms. The third-order valence-electron chi connectivity index (χ3n) is 7.41. The topological polar surface area (TPSA) is 86.7 Å². The number of halogens is 2. The molecular formula is C25H26F2O6S2. The van der Waals surface area contributed by atoms with Gasteiger partial charge in [-0.15, -0.1) is 0 Å². The molecule has 0 N–H and O–H groups in total. The van der Waals surface area contributed by atoms with Gasteiger partial charge in [0.05, 0.1) is 0 Å². The van der Waals surface area contributed by atoms with E-state index in [1.807, 2.05) is 0 Å². The highest BCUT2D eigenvalue weighted by Gasteiger charge is 2.63. The van der Waals surface area contributed by atoms with Gasteiger partial charge in [-0.3, -0.25) is 4.79 Å². The normalized spacial score (nSPS) is 28.7. The average molecular weight is 525 g/mol. The quantitative estimate of drug-likeness (QED) is 0.470. The number of carbonyl (C=O) groups is 2. The van der Waals surface area contributed by atoms with Gasteiger partial charge < -0.3 is 4.74 Å². The van der Waals surface area contributed by atoms with Crippen LogP contribution in [0, 0.1) is 17.8 Å². The molecule has 6 rings (SSSR count). The fraction of sp³-hybridized carbons (Fsp3) is 0.440. The molecular weight excluding hydrogens is 498 g/mol. The van der Waals surface area contributed by atoms with Crippen LogP contribution in [-0.4, -0.2) is 37.3 Å². The molecule has 2 aromatic rings. The number of ether oxygens (including phenoxy) is 1. The van der Waals surface area contributed by atoms with Crippen LogP contribution in [0.5, 0.6) is 0 Å². The lowest BCUT2D eigenvalue weighted by molar-refractivity contribution is -0.201. The van der Waals surface area contributed by atoms with Crippen molar-refractivity contribution in [3.8, 4) is 0 Å². The lowest BCUT2D eigenvalue weighted by atomic mass is 9.53. The van der Waals surface area contributed by atoms with Crippen molar-refractivity contribution >= 4 is 32.2 Å². The molecule has 4 saturated carbocycles. The van der Waals surface area contributed by atoms with Crippen molar-refractivity contribution < 1.29 is 35.2 Å². The number of hydrogen-bond donors (Lipinski definition) is 0. The van der Waals surface area contributed by atoms with E-state index in [1.54, 1.807) is 60.7 Å². The molecule has 2 aromatic carbocycles. The summed E-state index contributed by atoms with van der Waals surface area (Å²) in [5.74, 6) is -2.57. The van der Waals surface area contributed by atoms with E-state index in [4.69, 9.17) is 8.37 Å². The molecule has 4 fully saturated rings. The van der Waals surface area contributed by atoms with Crippen molar-refractivity contribution in [2.45, 2.75) is 52.8 Å². The molecule has 4 bridgehead atoms. The van der Waals surface area contributed by atoms with Gasteiger partial charge in [0, 0.05) is 21.6 Å². The molecule has 0 radical (unpaired) electrons. The molecule has 188 valence electrons. The Labute approximate surface area is 204 Å². The number of esters is 1. The number of rotatable bonds is 7. The largest absolute Gasteiger partial charge is 0.466 e. The monoisotopic (exact) mass is 524 g/mol. The van der Waals surface area contributed by atoms with E-state index in [2.05, 4.69) is 0 Å². The van der Waals surface area contributed by atoms with E-state index in [-0.39, 0.29) is 36.4 Å². The summed E-state index contributed by atoms with van der Waals surface area (Å²) in [7, 11) is -8.70. The summed E-state index contributed by atoms with van der Waals surface area (Å²) in [6, 6.07) is 16.4. The lowest BCUT2D eigenvalue weighted by Gasteiger charge is -2.54. The van der Waals surface area contributed by atoms with Crippen molar-refractivity contribution in [1.29, 1.82) is 0 Å². The number of alkyl halides is 2. The van der Waals surface area contributed by atoms with E-state index in [9.17, 15) is 18.0 Å². The molecule has 35 heavy (non-hydrogen) atoms. The first-order valence-electron chi connectivity index (χ1n) is 11.4. The van der Waals surface area contributed by atoms with E-state index >= 15 is 8.78 Å². The zero-order valence-electron chi connectivity index (χ0n) is 19.1. The Balaban J connectivity index is 1.43. The first-order valence-corrected chi connectivity index (χ1v) is 14.8. The fourth-order valence-corrected chi connectivity index (χ4v) is 10.2. The van der Waals surface area contributed by atoms with Gasteiger partial charge in [0.1, 0.15) is 11.4 Å². The van der Waals surface area contributed by atoms with Gasteiger partial charge in [-0.05, 0) is 68.5 Å². The predicted octanol–water partition coefficient (Wildman–Crippen LogP) is 5.08. The summed E-state index contributed by atoms with van der Waals surface area (Å²) in [6.07, 6.45) is 3.48. The number of Topliss-reactive ketones (excluding diaryl/α,β-unsaturated/α-hetero) is 1. The zero-order chi connectivity index (χ0) is 25.1. The summed E-state index contributed by atoms with van der Waals surface area (Å²) in [5, 5.41) is -4.92. The first kappa shape index (κ1) is 24.4. The van der Waals surface area contributed by atoms with Crippen LogP contribution >= 0.6 is 10.3 Å². The summed E-state index contributed by atoms with van der Waals surface area (Å²) in [4.78, 5) is 25.9. The van der Waals surface area contributed by atoms with Crippen molar-refractivity contribution in [3.05, 3.63) is 60.7 Å². The third kappa shape index (κ3) is 4.09. The van der Waals surface area contributed by atoms with E-state index < -0.39 is 37.3 Å². The van der Waals surface area contributed by atoms with Crippen LogP contribution in [0.2, 0.25) is 0 Å². The van der Waals surface area contributed by atoms with E-state index in [1.165, 1.54) is 6.26 Å². The second-order valence-corrected chi connectivity index (χ2v) is 14.4. The van der Waals surface area contributed by atoms with Gasteiger partial charge in [0.25, 0.3) is 0 Å². The second kappa shape index (κ2) is 8.38. The highest BCUT2D eigenvalue weighted by molar-refractivity contribution is 8.32. The van der Waals surface area contributed by atoms with Crippen LogP contribution in [0.3, 0.4) is 0 Å². The van der Waals surface area contributed by atoms with Crippen LogP contribution in [-0.2, 0) is 28.1 Å². The van der Waals surface area contributed by atoms with Crippen molar-refractivity contribution in [3.63, 3.8) is 0 Å². The molecule has 4 aliphatic carbocycles. The summed E-state index contributed by atoms with van der Waals surface area (Å²) in [5.41, 5.74) is -1.23. The van der Waals surface area contributed by atoms with E-state index in [0.29, 0.717) is 29.1 Å². The summed E-state index contributed by atoms with van der Waals surface area (Å²) in [6.45, 7) is 0. The molecule has 0 heterocycles. The van der Waals surface area contributed by atoms with E-state index in [0.717, 1.165) is 0 Å². The van der Waals surface area contributed by atoms with Gasteiger partial charge in [-0.2, -0.15) is 17.2 Å². The number of hydrogen-bond acceptors (Lipinski definition) is 6. The maximum atomic E-state index is 15.3. The first-order chi connectivity index (χ1) is 16.5. The molecule has 0 aliphatic heterocycles. The Morgan fingerprint density at radius 3 is 1.89 bits per heavy atom. The maximum Gasteiger partial charge on any atom is 0.466 e. The third-order valence-corrected chi connectivity index (χ3v) is 12.4.